The lowest BCUT2D eigenvalue weighted by Gasteiger charge is -2.28. The van der Waals surface area contributed by atoms with E-state index in [1.165, 1.54) is 192 Å². The SMILES string of the molecule is CCCCCCCCCCCCCCCCCC(=O)NC(C)N1CCN=C1CCCCCCCCCCCCCCCCC. The standard InChI is InChI=1S/C40H79N3O/c1-4-6-8-10-12-14-16-18-20-22-24-26-28-30-32-34-39-41-36-37-43(39)38(3)42-40(44)35-33-31-29-27-25-23-21-19-17-15-13-11-9-7-5-2/h38H,4-37H2,1-3H3,(H,42,44). The van der Waals surface area contributed by atoms with E-state index in [0.717, 1.165) is 25.9 Å². The van der Waals surface area contributed by atoms with Gasteiger partial charge in [-0.2, -0.15) is 0 Å². The van der Waals surface area contributed by atoms with Gasteiger partial charge in [0.2, 0.25) is 5.91 Å². The van der Waals surface area contributed by atoms with Gasteiger partial charge in [-0.3, -0.25) is 9.79 Å². The van der Waals surface area contributed by atoms with Crippen molar-refractivity contribution in [1.29, 1.82) is 0 Å². The van der Waals surface area contributed by atoms with Gasteiger partial charge in [0.15, 0.2) is 0 Å². The summed E-state index contributed by atoms with van der Waals surface area (Å²) in [6.45, 7) is 8.56. The predicted octanol–water partition coefficient (Wildman–Crippen LogP) is 12.7. The molecule has 1 aliphatic rings. The van der Waals surface area contributed by atoms with Gasteiger partial charge in [0.05, 0.1) is 12.7 Å². The van der Waals surface area contributed by atoms with Crippen LogP contribution < -0.4 is 5.32 Å². The largest absolute Gasteiger partial charge is 0.338 e. The number of carbonyl (C=O) groups is 1. The lowest BCUT2D eigenvalue weighted by molar-refractivity contribution is -0.122. The van der Waals surface area contributed by atoms with Crippen LogP contribution in [-0.2, 0) is 4.79 Å². The number of amidine groups is 1. The summed E-state index contributed by atoms with van der Waals surface area (Å²) in [7, 11) is 0. The van der Waals surface area contributed by atoms with Crippen molar-refractivity contribution < 1.29 is 4.79 Å². The highest BCUT2D eigenvalue weighted by atomic mass is 16.1. The normalized spacial score (nSPS) is 13.9. The zero-order chi connectivity index (χ0) is 31.8. The molecule has 260 valence electrons. The Kier molecular flexibility index (Phi) is 29.7. The molecule has 0 bridgehead atoms. The maximum absolute atomic E-state index is 12.6. The van der Waals surface area contributed by atoms with Crippen molar-refractivity contribution in [3.8, 4) is 0 Å². The minimum Gasteiger partial charge on any atom is -0.338 e. The molecule has 0 radical (unpaired) electrons. The van der Waals surface area contributed by atoms with Gasteiger partial charge < -0.3 is 10.2 Å². The predicted molar refractivity (Wildman–Crippen MR) is 196 cm³/mol. The van der Waals surface area contributed by atoms with Gasteiger partial charge >= 0.3 is 0 Å². The monoisotopic (exact) mass is 618 g/mol. The molecule has 1 aliphatic heterocycles. The van der Waals surface area contributed by atoms with Crippen molar-refractivity contribution in [3.63, 3.8) is 0 Å². The molecule has 1 N–H and O–H groups in total. The molecule has 0 spiro atoms. The van der Waals surface area contributed by atoms with Crippen molar-refractivity contribution in [2.75, 3.05) is 13.1 Å². The number of hydrogen-bond acceptors (Lipinski definition) is 3. The van der Waals surface area contributed by atoms with Crippen molar-refractivity contribution in [2.45, 2.75) is 232 Å². The molecule has 1 atom stereocenters. The molecule has 0 saturated heterocycles. The molecule has 0 aromatic rings. The second-order valence-electron chi connectivity index (χ2n) is 14.1. The Morgan fingerprint density at radius 2 is 0.909 bits per heavy atom. The zero-order valence-corrected chi connectivity index (χ0v) is 30.4. The number of nitrogens with one attached hydrogen (secondary N) is 1. The summed E-state index contributed by atoms with van der Waals surface area (Å²) in [6, 6.07) is 0. The van der Waals surface area contributed by atoms with Crippen LogP contribution in [0.15, 0.2) is 4.99 Å². The highest BCUT2D eigenvalue weighted by Crippen LogP contribution is 2.17. The molecule has 0 aromatic heterocycles. The molecular weight excluding hydrogens is 538 g/mol. The van der Waals surface area contributed by atoms with Gasteiger partial charge in [-0.1, -0.05) is 194 Å². The van der Waals surface area contributed by atoms with E-state index >= 15 is 0 Å². The number of carbonyl (C=O) groups excluding carboxylic acids is 1. The first-order chi connectivity index (χ1) is 21.7. The van der Waals surface area contributed by atoms with Crippen LogP contribution in [0.5, 0.6) is 0 Å². The molecule has 4 heteroatoms. The first-order valence-electron chi connectivity index (χ1n) is 20.3. The minimum absolute atomic E-state index is 0.0661. The molecule has 1 unspecified atom stereocenters. The molecule has 44 heavy (non-hydrogen) atoms. The summed E-state index contributed by atoms with van der Waals surface area (Å²) in [5, 5.41) is 3.26. The van der Waals surface area contributed by atoms with Crippen molar-refractivity contribution in [3.05, 3.63) is 0 Å². The van der Waals surface area contributed by atoms with Gasteiger partial charge in [0, 0.05) is 19.4 Å². The number of unbranched alkanes of at least 4 members (excludes halogenated alkanes) is 28. The average Bonchev–Trinajstić information content (AvgIpc) is 3.50. The Bertz CT molecular complexity index is 649. The van der Waals surface area contributed by atoms with Crippen LogP contribution in [0, 0.1) is 0 Å². The van der Waals surface area contributed by atoms with Crippen LogP contribution >= 0.6 is 0 Å². The van der Waals surface area contributed by atoms with E-state index in [4.69, 9.17) is 4.99 Å². The summed E-state index contributed by atoms with van der Waals surface area (Å²) in [5.74, 6) is 1.44. The molecule has 1 amide bonds. The Morgan fingerprint density at radius 3 is 1.30 bits per heavy atom. The highest BCUT2D eigenvalue weighted by molar-refractivity contribution is 5.84. The van der Waals surface area contributed by atoms with E-state index in [-0.39, 0.29) is 12.1 Å². The Hall–Kier alpha value is -1.06. The van der Waals surface area contributed by atoms with Crippen molar-refractivity contribution in [2.24, 2.45) is 4.99 Å². The van der Waals surface area contributed by atoms with Gasteiger partial charge in [0.1, 0.15) is 5.84 Å². The highest BCUT2D eigenvalue weighted by Gasteiger charge is 2.22. The molecule has 1 rings (SSSR count). The third-order valence-electron chi connectivity index (χ3n) is 9.82. The van der Waals surface area contributed by atoms with Crippen molar-refractivity contribution in [1.82, 2.24) is 10.2 Å². The fourth-order valence-electron chi connectivity index (χ4n) is 6.84. The Morgan fingerprint density at radius 1 is 0.568 bits per heavy atom. The molecular formula is C40H79N3O. The van der Waals surface area contributed by atoms with Crippen LogP contribution in [0.1, 0.15) is 226 Å². The van der Waals surface area contributed by atoms with Gasteiger partial charge in [-0.05, 0) is 19.8 Å². The molecule has 4 nitrogen and oxygen atoms in total. The third-order valence-corrected chi connectivity index (χ3v) is 9.82. The fraction of sp³-hybridized carbons (Fsp3) is 0.950. The maximum atomic E-state index is 12.6. The maximum Gasteiger partial charge on any atom is 0.221 e. The van der Waals surface area contributed by atoms with Crippen LogP contribution in [0.25, 0.3) is 0 Å². The number of amides is 1. The third kappa shape index (κ3) is 25.2. The van der Waals surface area contributed by atoms with E-state index in [2.05, 4.69) is 31.0 Å². The smallest absolute Gasteiger partial charge is 0.221 e. The Labute approximate surface area is 276 Å². The van der Waals surface area contributed by atoms with Crippen molar-refractivity contribution >= 4 is 11.7 Å². The van der Waals surface area contributed by atoms with Crippen LogP contribution in [0.2, 0.25) is 0 Å². The summed E-state index contributed by atoms with van der Waals surface area (Å²) in [5.41, 5.74) is 0. The van der Waals surface area contributed by atoms with Gasteiger partial charge in [-0.15, -0.1) is 0 Å². The number of aliphatic imine (C=N–C) groups is 1. The lowest BCUT2D eigenvalue weighted by Crippen LogP contribution is -2.47. The first kappa shape index (κ1) is 41.0. The van der Waals surface area contributed by atoms with Crippen LogP contribution in [0.3, 0.4) is 0 Å². The second kappa shape index (κ2) is 31.9. The molecule has 0 fully saturated rings. The number of hydrogen-bond donors (Lipinski definition) is 1. The molecule has 0 aliphatic carbocycles. The zero-order valence-electron chi connectivity index (χ0n) is 30.4. The van der Waals surface area contributed by atoms with Gasteiger partial charge in [0.25, 0.3) is 0 Å². The average molecular weight is 618 g/mol. The quantitative estimate of drug-likeness (QED) is 0.0730. The van der Waals surface area contributed by atoms with Gasteiger partial charge in [-0.25, -0.2) is 0 Å². The van der Waals surface area contributed by atoms with Crippen LogP contribution in [0.4, 0.5) is 0 Å². The summed E-state index contributed by atoms with van der Waals surface area (Å²) in [4.78, 5) is 19.7. The summed E-state index contributed by atoms with van der Waals surface area (Å²) < 4.78 is 0. The minimum atomic E-state index is 0.0661. The van der Waals surface area contributed by atoms with E-state index in [9.17, 15) is 4.79 Å². The van der Waals surface area contributed by atoms with Crippen LogP contribution in [-0.4, -0.2) is 35.9 Å². The fourth-order valence-corrected chi connectivity index (χ4v) is 6.84. The molecule has 0 saturated carbocycles. The summed E-state index contributed by atoms with van der Waals surface area (Å²) in [6.07, 6.45) is 43.2. The topological polar surface area (TPSA) is 44.7 Å². The van der Waals surface area contributed by atoms with E-state index < -0.39 is 0 Å². The second-order valence-corrected chi connectivity index (χ2v) is 14.1. The van der Waals surface area contributed by atoms with E-state index in [0.29, 0.717) is 6.42 Å². The van der Waals surface area contributed by atoms with E-state index in [1.807, 2.05) is 0 Å². The summed E-state index contributed by atoms with van der Waals surface area (Å²) >= 11 is 0. The number of rotatable bonds is 34. The van der Waals surface area contributed by atoms with E-state index in [1.54, 1.807) is 0 Å². The molecule has 0 aromatic carbocycles. The Balaban J connectivity index is 1.92. The number of nitrogens with zero attached hydrogens (tertiary/aromatic N) is 2. The lowest BCUT2D eigenvalue weighted by atomic mass is 10.0. The first-order valence-corrected chi connectivity index (χ1v) is 20.3. The molecule has 1 heterocycles.